The largest absolute Gasteiger partial charge is 0.504 e. The van der Waals surface area contributed by atoms with Gasteiger partial charge in [0.2, 0.25) is 0 Å². The normalized spacial score (nSPS) is 16.4. The number of ether oxygens (including phenoxy) is 1. The predicted molar refractivity (Wildman–Crippen MR) is 54.7 cm³/mol. The number of nitrogens with zero attached hydrogens (tertiary/aromatic N) is 1. The summed E-state index contributed by atoms with van der Waals surface area (Å²) in [5.74, 6) is 0.815. The molecule has 0 fully saturated rings. The summed E-state index contributed by atoms with van der Waals surface area (Å²) in [6.45, 7) is 1.98. The summed E-state index contributed by atoms with van der Waals surface area (Å²) >= 11 is 0. The lowest BCUT2D eigenvalue weighted by molar-refractivity contribution is 0.309. The van der Waals surface area contributed by atoms with Gasteiger partial charge in [0.05, 0.1) is 7.11 Å². The molecule has 0 aromatic heterocycles. The molecule has 1 heterocycles. The van der Waals surface area contributed by atoms with Crippen LogP contribution in [0.4, 0.5) is 0 Å². The van der Waals surface area contributed by atoms with Crippen LogP contribution in [0.25, 0.3) is 0 Å². The van der Waals surface area contributed by atoms with Crippen LogP contribution in [0.5, 0.6) is 11.5 Å². The second-order valence-corrected chi connectivity index (χ2v) is 3.78. The van der Waals surface area contributed by atoms with Crippen molar-refractivity contribution in [3.8, 4) is 11.5 Å². The molecule has 1 aliphatic heterocycles. The van der Waals surface area contributed by atoms with Gasteiger partial charge in [-0.3, -0.25) is 0 Å². The molecule has 0 spiro atoms. The lowest BCUT2D eigenvalue weighted by Gasteiger charge is -2.25. The first-order valence-electron chi connectivity index (χ1n) is 4.78. The molecule has 1 N–H and O–H groups in total. The zero-order valence-electron chi connectivity index (χ0n) is 8.58. The van der Waals surface area contributed by atoms with Gasteiger partial charge in [0, 0.05) is 13.1 Å². The van der Waals surface area contributed by atoms with Crippen molar-refractivity contribution in [1.29, 1.82) is 0 Å². The number of methoxy groups -OCH3 is 1. The number of likely N-dealkylation sites (N-methyl/N-ethyl adjacent to an activating group) is 1. The Balaban J connectivity index is 2.40. The van der Waals surface area contributed by atoms with Crippen molar-refractivity contribution in [3.63, 3.8) is 0 Å². The Kier molecular flexibility index (Phi) is 2.33. The number of fused-ring (bicyclic) bond motifs is 1. The highest BCUT2D eigenvalue weighted by Crippen LogP contribution is 2.31. The molecule has 3 nitrogen and oxygen atoms in total. The summed E-state index contributed by atoms with van der Waals surface area (Å²) in [7, 11) is 3.67. The van der Waals surface area contributed by atoms with E-state index in [0.717, 1.165) is 19.5 Å². The smallest absolute Gasteiger partial charge is 0.160 e. The molecule has 0 amide bonds. The molecule has 76 valence electrons. The van der Waals surface area contributed by atoms with Crippen LogP contribution in [0, 0.1) is 0 Å². The number of hydrogen-bond acceptors (Lipinski definition) is 3. The average Bonchev–Trinajstić information content (AvgIpc) is 2.16. The fraction of sp³-hybridized carbons (Fsp3) is 0.455. The molecule has 0 saturated carbocycles. The summed E-state index contributed by atoms with van der Waals surface area (Å²) in [6.07, 6.45) is 1.03. The van der Waals surface area contributed by atoms with Crippen molar-refractivity contribution in [3.05, 3.63) is 23.3 Å². The highest BCUT2D eigenvalue weighted by Gasteiger charge is 2.15. The van der Waals surface area contributed by atoms with E-state index >= 15 is 0 Å². The topological polar surface area (TPSA) is 32.7 Å². The Hall–Kier alpha value is -1.22. The van der Waals surface area contributed by atoms with Gasteiger partial charge in [-0.15, -0.1) is 0 Å². The van der Waals surface area contributed by atoms with E-state index in [4.69, 9.17) is 4.74 Å². The van der Waals surface area contributed by atoms with E-state index in [2.05, 4.69) is 11.9 Å². The average molecular weight is 193 g/mol. The van der Waals surface area contributed by atoms with Crippen LogP contribution < -0.4 is 4.74 Å². The van der Waals surface area contributed by atoms with Crippen LogP contribution >= 0.6 is 0 Å². The SMILES string of the molecule is COc1cc2c(cc1O)CN(C)CC2. The molecule has 1 aromatic rings. The van der Waals surface area contributed by atoms with Crippen molar-refractivity contribution < 1.29 is 9.84 Å². The second-order valence-electron chi connectivity index (χ2n) is 3.78. The summed E-state index contributed by atoms with van der Waals surface area (Å²) < 4.78 is 5.07. The second kappa shape index (κ2) is 3.50. The predicted octanol–water partition coefficient (Wildman–Crippen LogP) is 1.39. The molecule has 0 saturated heterocycles. The number of phenols is 1. The van der Waals surface area contributed by atoms with Crippen molar-refractivity contribution in [2.24, 2.45) is 0 Å². The zero-order valence-corrected chi connectivity index (χ0v) is 8.58. The molecule has 2 rings (SSSR count). The van der Waals surface area contributed by atoms with Crippen LogP contribution in [0.1, 0.15) is 11.1 Å². The molecule has 0 aliphatic carbocycles. The first-order chi connectivity index (χ1) is 6.70. The maximum absolute atomic E-state index is 9.61. The van der Waals surface area contributed by atoms with Gasteiger partial charge >= 0.3 is 0 Å². The van der Waals surface area contributed by atoms with Gasteiger partial charge in [-0.1, -0.05) is 0 Å². The molecular weight excluding hydrogens is 178 g/mol. The van der Waals surface area contributed by atoms with Crippen molar-refractivity contribution in [1.82, 2.24) is 4.90 Å². The van der Waals surface area contributed by atoms with E-state index in [-0.39, 0.29) is 5.75 Å². The minimum atomic E-state index is 0.238. The zero-order chi connectivity index (χ0) is 10.1. The maximum Gasteiger partial charge on any atom is 0.160 e. The summed E-state index contributed by atoms with van der Waals surface area (Å²) in [5, 5.41) is 9.61. The standard InChI is InChI=1S/C11H15NO2/c1-12-4-3-8-6-11(14-2)10(13)5-9(8)7-12/h5-6,13H,3-4,7H2,1-2H3. The molecular formula is C11H15NO2. The van der Waals surface area contributed by atoms with Gasteiger partial charge in [0.15, 0.2) is 11.5 Å². The monoisotopic (exact) mass is 193 g/mol. The number of rotatable bonds is 1. The third-order valence-corrected chi connectivity index (χ3v) is 2.70. The summed E-state index contributed by atoms with van der Waals surface area (Å²) in [5.41, 5.74) is 2.50. The molecule has 14 heavy (non-hydrogen) atoms. The summed E-state index contributed by atoms with van der Waals surface area (Å²) in [6, 6.07) is 3.75. The van der Waals surface area contributed by atoms with Gasteiger partial charge in [-0.25, -0.2) is 0 Å². The Morgan fingerprint density at radius 1 is 1.36 bits per heavy atom. The molecule has 3 heteroatoms. The van der Waals surface area contributed by atoms with Gasteiger partial charge in [0.25, 0.3) is 0 Å². The quantitative estimate of drug-likeness (QED) is 0.731. The molecule has 0 radical (unpaired) electrons. The van der Waals surface area contributed by atoms with Gasteiger partial charge < -0.3 is 14.7 Å². The maximum atomic E-state index is 9.61. The Morgan fingerprint density at radius 2 is 2.14 bits per heavy atom. The van der Waals surface area contributed by atoms with Crippen molar-refractivity contribution in [2.75, 3.05) is 20.7 Å². The third-order valence-electron chi connectivity index (χ3n) is 2.70. The van der Waals surface area contributed by atoms with Gasteiger partial charge in [-0.05, 0) is 36.7 Å². The van der Waals surface area contributed by atoms with E-state index in [0.29, 0.717) is 5.75 Å². The lowest BCUT2D eigenvalue weighted by Crippen LogP contribution is -2.26. The Labute approximate surface area is 83.9 Å². The van der Waals surface area contributed by atoms with Crippen LogP contribution in [-0.4, -0.2) is 30.7 Å². The van der Waals surface area contributed by atoms with E-state index in [1.807, 2.05) is 12.1 Å². The molecule has 0 atom stereocenters. The highest BCUT2D eigenvalue weighted by molar-refractivity contribution is 5.47. The highest BCUT2D eigenvalue weighted by atomic mass is 16.5. The van der Waals surface area contributed by atoms with E-state index in [1.54, 1.807) is 7.11 Å². The first-order valence-corrected chi connectivity index (χ1v) is 4.78. The minimum Gasteiger partial charge on any atom is -0.504 e. The van der Waals surface area contributed by atoms with Crippen LogP contribution in [0.2, 0.25) is 0 Å². The van der Waals surface area contributed by atoms with Crippen molar-refractivity contribution >= 4 is 0 Å². The molecule has 1 aromatic carbocycles. The fourth-order valence-electron chi connectivity index (χ4n) is 1.88. The van der Waals surface area contributed by atoms with E-state index in [1.165, 1.54) is 11.1 Å². The third kappa shape index (κ3) is 1.55. The Bertz CT molecular complexity index is 349. The van der Waals surface area contributed by atoms with Gasteiger partial charge in [0.1, 0.15) is 0 Å². The fourth-order valence-corrected chi connectivity index (χ4v) is 1.88. The lowest BCUT2D eigenvalue weighted by atomic mass is 9.99. The first kappa shape index (κ1) is 9.34. The van der Waals surface area contributed by atoms with Crippen LogP contribution in [0.3, 0.4) is 0 Å². The Morgan fingerprint density at radius 3 is 2.86 bits per heavy atom. The number of aromatic hydroxyl groups is 1. The van der Waals surface area contributed by atoms with Crippen molar-refractivity contribution in [2.45, 2.75) is 13.0 Å². The van der Waals surface area contributed by atoms with Crippen LogP contribution in [-0.2, 0) is 13.0 Å². The van der Waals surface area contributed by atoms with E-state index in [9.17, 15) is 5.11 Å². The summed E-state index contributed by atoms with van der Waals surface area (Å²) in [4.78, 5) is 2.24. The number of benzene rings is 1. The number of hydrogen-bond donors (Lipinski definition) is 1. The number of phenolic OH excluding ortho intramolecular Hbond substituents is 1. The molecule has 0 bridgehead atoms. The van der Waals surface area contributed by atoms with E-state index < -0.39 is 0 Å². The molecule has 1 aliphatic rings. The van der Waals surface area contributed by atoms with Gasteiger partial charge in [-0.2, -0.15) is 0 Å². The minimum absolute atomic E-state index is 0.238. The molecule has 0 unspecified atom stereocenters. The van der Waals surface area contributed by atoms with Crippen LogP contribution in [0.15, 0.2) is 12.1 Å².